The Hall–Kier alpha value is -0.130. The molecule has 2 bridgehead atoms. The molecule has 0 amide bonds. The molecule has 0 aliphatic carbocycles. The van der Waals surface area contributed by atoms with Crippen molar-refractivity contribution in [3.8, 4) is 0 Å². The minimum absolute atomic E-state index is 0.563. The van der Waals surface area contributed by atoms with Crippen molar-refractivity contribution in [2.75, 3.05) is 19.3 Å². The van der Waals surface area contributed by atoms with Gasteiger partial charge in [-0.1, -0.05) is 13.3 Å². The second kappa shape index (κ2) is 6.55. The van der Waals surface area contributed by atoms with Crippen molar-refractivity contribution in [1.82, 2.24) is 10.2 Å². The largest absolute Gasteiger partial charge is 0.314 e. The monoisotopic (exact) mass is 316 g/mol. The number of hydrogen-bond acceptors (Lipinski definition) is 4. The predicted molar refractivity (Wildman–Crippen MR) is 88.4 cm³/mol. The molecule has 2 rings (SSSR count). The molecule has 2 heterocycles. The fourth-order valence-corrected chi connectivity index (χ4v) is 4.19. The lowest BCUT2D eigenvalue weighted by Gasteiger charge is -2.51. The van der Waals surface area contributed by atoms with Crippen LogP contribution in [0.4, 0.5) is 0 Å². The van der Waals surface area contributed by atoms with Gasteiger partial charge in [0.1, 0.15) is 0 Å². The molecule has 5 heteroatoms. The molecular weight excluding hydrogens is 284 g/mol. The fourth-order valence-electron chi connectivity index (χ4n) is 3.81. The minimum atomic E-state index is -3.02. The van der Waals surface area contributed by atoms with Crippen molar-refractivity contribution >= 4 is 9.84 Å². The number of rotatable bonds is 6. The number of hydrogen-bond donors (Lipinski definition) is 1. The van der Waals surface area contributed by atoms with Gasteiger partial charge in [-0.15, -0.1) is 0 Å². The fraction of sp³-hybridized carbons (Fsp3) is 1.00. The zero-order chi connectivity index (χ0) is 15.7. The van der Waals surface area contributed by atoms with Gasteiger partial charge in [-0.2, -0.15) is 0 Å². The Morgan fingerprint density at radius 1 is 1.19 bits per heavy atom. The van der Waals surface area contributed by atoms with E-state index in [1.54, 1.807) is 0 Å². The maximum absolute atomic E-state index is 12.0. The first kappa shape index (κ1) is 17.2. The Labute approximate surface area is 130 Å². The van der Waals surface area contributed by atoms with E-state index in [2.05, 4.69) is 17.1 Å². The molecule has 124 valence electrons. The zero-order valence-electron chi connectivity index (χ0n) is 14.1. The van der Waals surface area contributed by atoms with Crippen molar-refractivity contribution in [3.05, 3.63) is 0 Å². The van der Waals surface area contributed by atoms with Crippen LogP contribution in [0.1, 0.15) is 59.3 Å². The summed E-state index contributed by atoms with van der Waals surface area (Å²) in [6.45, 7) is 7.73. The van der Waals surface area contributed by atoms with Crippen molar-refractivity contribution in [2.45, 2.75) is 82.2 Å². The van der Waals surface area contributed by atoms with Gasteiger partial charge in [0, 0.05) is 30.9 Å². The normalized spacial score (nSPS) is 31.3. The molecule has 0 saturated carbocycles. The van der Waals surface area contributed by atoms with Gasteiger partial charge in [-0.25, -0.2) is 8.42 Å². The highest BCUT2D eigenvalue weighted by Gasteiger charge is 2.42. The summed E-state index contributed by atoms with van der Waals surface area (Å²) >= 11 is 0. The summed E-state index contributed by atoms with van der Waals surface area (Å²) in [5.41, 5.74) is 0. The molecule has 0 aromatic carbocycles. The van der Waals surface area contributed by atoms with Gasteiger partial charge >= 0.3 is 0 Å². The maximum atomic E-state index is 12.0. The van der Waals surface area contributed by atoms with Crippen molar-refractivity contribution in [1.29, 1.82) is 0 Å². The molecule has 2 aliphatic heterocycles. The Balaban J connectivity index is 2.05. The van der Waals surface area contributed by atoms with Crippen LogP contribution in [0, 0.1) is 0 Å². The lowest BCUT2D eigenvalue weighted by Crippen LogP contribution is -2.60. The molecule has 0 spiro atoms. The van der Waals surface area contributed by atoms with Crippen LogP contribution in [0.15, 0.2) is 0 Å². The average molecular weight is 317 g/mol. The molecule has 2 unspecified atom stereocenters. The third-order valence-electron chi connectivity index (χ3n) is 5.38. The van der Waals surface area contributed by atoms with Gasteiger partial charge in [-0.05, 0) is 52.5 Å². The summed E-state index contributed by atoms with van der Waals surface area (Å²) in [5, 5.41) is 3.67. The molecule has 0 radical (unpaired) electrons. The number of nitrogens with zero attached hydrogens (tertiary/aromatic N) is 1. The van der Waals surface area contributed by atoms with Crippen LogP contribution in [0.25, 0.3) is 0 Å². The first-order valence-electron chi connectivity index (χ1n) is 8.43. The van der Waals surface area contributed by atoms with Crippen molar-refractivity contribution in [3.63, 3.8) is 0 Å². The molecule has 2 fully saturated rings. The molecule has 2 saturated heterocycles. The van der Waals surface area contributed by atoms with E-state index >= 15 is 0 Å². The van der Waals surface area contributed by atoms with E-state index < -0.39 is 14.6 Å². The van der Waals surface area contributed by atoms with Crippen LogP contribution in [-0.2, 0) is 9.84 Å². The molecule has 1 N–H and O–H groups in total. The van der Waals surface area contributed by atoms with E-state index in [9.17, 15) is 8.42 Å². The van der Waals surface area contributed by atoms with Crippen LogP contribution >= 0.6 is 0 Å². The summed E-state index contributed by atoms with van der Waals surface area (Å²) in [7, 11) is -3.02. The van der Waals surface area contributed by atoms with Gasteiger partial charge in [0.2, 0.25) is 0 Å². The van der Waals surface area contributed by atoms with Crippen LogP contribution in [0.2, 0.25) is 0 Å². The molecular formula is C16H32N2O2S. The van der Waals surface area contributed by atoms with Crippen LogP contribution < -0.4 is 5.32 Å². The topological polar surface area (TPSA) is 49.4 Å². The third kappa shape index (κ3) is 3.99. The van der Waals surface area contributed by atoms with Crippen LogP contribution in [0.3, 0.4) is 0 Å². The molecule has 2 atom stereocenters. The average Bonchev–Trinajstić information content (AvgIpc) is 2.34. The highest BCUT2D eigenvalue weighted by molar-refractivity contribution is 7.92. The first-order chi connectivity index (χ1) is 9.74. The Kier molecular flexibility index (Phi) is 5.37. The second-order valence-corrected chi connectivity index (χ2v) is 10.2. The van der Waals surface area contributed by atoms with Gasteiger partial charge in [-0.3, -0.25) is 4.90 Å². The van der Waals surface area contributed by atoms with E-state index in [1.165, 1.54) is 44.8 Å². The summed E-state index contributed by atoms with van der Waals surface area (Å²) in [5.74, 6) is 0. The molecule has 0 aromatic rings. The summed E-state index contributed by atoms with van der Waals surface area (Å²) in [4.78, 5) is 2.51. The van der Waals surface area contributed by atoms with Crippen molar-refractivity contribution < 1.29 is 8.42 Å². The Morgan fingerprint density at radius 2 is 1.76 bits per heavy atom. The van der Waals surface area contributed by atoms with E-state index in [-0.39, 0.29) is 0 Å². The SMILES string of the molecule is CCCNC1CC2CCCC(C1)N2CC(C)(C)S(C)(=O)=O. The van der Waals surface area contributed by atoms with E-state index in [1.807, 2.05) is 13.8 Å². The molecule has 2 aliphatic rings. The van der Waals surface area contributed by atoms with E-state index in [0.717, 1.165) is 6.54 Å². The van der Waals surface area contributed by atoms with Gasteiger partial charge in [0.05, 0.1) is 4.75 Å². The smallest absolute Gasteiger partial charge is 0.153 e. The summed E-state index contributed by atoms with van der Waals surface area (Å²) in [6.07, 6.45) is 8.65. The lowest BCUT2D eigenvalue weighted by molar-refractivity contribution is 0.0187. The van der Waals surface area contributed by atoms with E-state index in [4.69, 9.17) is 0 Å². The highest BCUT2D eigenvalue weighted by Crippen LogP contribution is 2.36. The lowest BCUT2D eigenvalue weighted by atomic mass is 9.81. The zero-order valence-corrected chi connectivity index (χ0v) is 14.9. The number of piperidine rings is 2. The molecule has 0 aromatic heterocycles. The number of sulfone groups is 1. The van der Waals surface area contributed by atoms with Gasteiger partial charge in [0.15, 0.2) is 9.84 Å². The Morgan fingerprint density at radius 3 is 2.24 bits per heavy atom. The van der Waals surface area contributed by atoms with Gasteiger partial charge < -0.3 is 5.32 Å². The van der Waals surface area contributed by atoms with Gasteiger partial charge in [0.25, 0.3) is 0 Å². The standard InChI is InChI=1S/C16H32N2O2S/c1-5-9-17-13-10-14-7-6-8-15(11-13)18(14)12-16(2,3)21(4,19)20/h13-15,17H,5-12H2,1-4H3. The van der Waals surface area contributed by atoms with E-state index in [0.29, 0.717) is 24.7 Å². The van der Waals surface area contributed by atoms with Crippen molar-refractivity contribution in [2.24, 2.45) is 0 Å². The Bertz CT molecular complexity index is 433. The quantitative estimate of drug-likeness (QED) is 0.816. The maximum Gasteiger partial charge on any atom is 0.153 e. The third-order valence-corrected chi connectivity index (χ3v) is 7.51. The predicted octanol–water partition coefficient (Wildman–Crippen LogP) is 2.19. The molecule has 21 heavy (non-hydrogen) atoms. The summed E-state index contributed by atoms with van der Waals surface area (Å²) in [6, 6.07) is 1.75. The highest BCUT2D eigenvalue weighted by atomic mass is 32.2. The summed E-state index contributed by atoms with van der Waals surface area (Å²) < 4.78 is 23.4. The van der Waals surface area contributed by atoms with Crippen LogP contribution in [-0.4, -0.2) is 55.5 Å². The number of fused-ring (bicyclic) bond motifs is 2. The first-order valence-corrected chi connectivity index (χ1v) is 10.3. The minimum Gasteiger partial charge on any atom is -0.314 e. The number of nitrogens with one attached hydrogen (secondary N) is 1. The van der Waals surface area contributed by atoms with Crippen LogP contribution in [0.5, 0.6) is 0 Å². The second-order valence-electron chi connectivity index (χ2n) is 7.57. The molecule has 4 nitrogen and oxygen atoms in total.